The van der Waals surface area contributed by atoms with Crippen LogP contribution in [-0.2, 0) is 0 Å². The summed E-state index contributed by atoms with van der Waals surface area (Å²) in [5.41, 5.74) is -0.653. The van der Waals surface area contributed by atoms with Gasteiger partial charge < -0.3 is 0 Å². The molecule has 0 aromatic carbocycles. The second kappa shape index (κ2) is 16.6. The Morgan fingerprint density at radius 3 is 1.86 bits per heavy atom. The van der Waals surface area contributed by atoms with Crippen molar-refractivity contribution in [2.45, 2.75) is 84.1 Å². The molecule has 5 atom stereocenters. The van der Waals surface area contributed by atoms with E-state index in [4.69, 9.17) is 23.7 Å². The fraction of sp³-hybridized carbons (Fsp3) is 0.818. The van der Waals surface area contributed by atoms with Gasteiger partial charge in [0.15, 0.2) is 12.1 Å². The standard InChI is InChI=1S/C11H18N2S.C7H8N2.C4H10S/c1-5-6-7-14-10(3)9(2)11(8-12)13-4;1-5-6(2)7(5,4-8)9-3;1-2-3-4-5/h9-11H,5-7H2,1-3H3;5-6H,1-2H3;5H,2-4H2,1H3/t9-,10-,11?;;/m0../s1. The summed E-state index contributed by atoms with van der Waals surface area (Å²) in [4.78, 5) is 6.63. The maximum absolute atomic E-state index is 8.74. The summed E-state index contributed by atoms with van der Waals surface area (Å²) in [7, 11) is 0. The molecular weight excluding hydrogens is 384 g/mol. The Labute approximate surface area is 183 Å². The van der Waals surface area contributed by atoms with Crippen LogP contribution in [0.1, 0.15) is 67.2 Å². The van der Waals surface area contributed by atoms with E-state index >= 15 is 0 Å². The van der Waals surface area contributed by atoms with Gasteiger partial charge in [-0.3, -0.25) is 9.69 Å². The molecular formula is C22H36N4S2. The van der Waals surface area contributed by atoms with Crippen LogP contribution in [0.4, 0.5) is 0 Å². The number of hydrogen-bond donors (Lipinski definition) is 1. The first-order valence-corrected chi connectivity index (χ1v) is 11.7. The molecule has 1 rings (SSSR count). The van der Waals surface area contributed by atoms with Crippen LogP contribution in [0.2, 0.25) is 0 Å². The monoisotopic (exact) mass is 420 g/mol. The van der Waals surface area contributed by atoms with Gasteiger partial charge in [0.1, 0.15) is 0 Å². The Morgan fingerprint density at radius 2 is 1.64 bits per heavy atom. The van der Waals surface area contributed by atoms with Crippen molar-refractivity contribution in [1.82, 2.24) is 0 Å². The lowest BCUT2D eigenvalue weighted by molar-refractivity contribution is 0.565. The number of hydrogen-bond acceptors (Lipinski definition) is 4. The van der Waals surface area contributed by atoms with E-state index in [0.29, 0.717) is 5.25 Å². The molecule has 28 heavy (non-hydrogen) atoms. The topological polar surface area (TPSA) is 56.3 Å². The molecule has 1 aliphatic rings. The fourth-order valence-corrected chi connectivity index (χ4v) is 4.03. The minimum absolute atomic E-state index is 0.166. The molecule has 0 aromatic heterocycles. The van der Waals surface area contributed by atoms with E-state index in [-0.39, 0.29) is 17.8 Å². The molecule has 0 N–H and O–H groups in total. The third-order valence-corrected chi connectivity index (χ3v) is 7.09. The molecule has 0 saturated heterocycles. The van der Waals surface area contributed by atoms with Crippen molar-refractivity contribution in [3.63, 3.8) is 0 Å². The Bertz CT molecular complexity index is 539. The number of unbranched alkanes of at least 4 members (excludes halogenated alkanes) is 2. The minimum Gasteiger partial charge on any atom is -0.297 e. The maximum atomic E-state index is 8.74. The van der Waals surface area contributed by atoms with Crippen LogP contribution in [0, 0.1) is 53.6 Å². The second-order valence-corrected chi connectivity index (χ2v) is 9.13. The third-order valence-electron chi connectivity index (χ3n) is 5.29. The van der Waals surface area contributed by atoms with Gasteiger partial charge in [-0.2, -0.15) is 34.9 Å². The number of thioether (sulfide) groups is 1. The van der Waals surface area contributed by atoms with E-state index < -0.39 is 11.6 Å². The van der Waals surface area contributed by atoms with Crippen molar-refractivity contribution in [2.24, 2.45) is 17.8 Å². The summed E-state index contributed by atoms with van der Waals surface area (Å²) in [5.74, 6) is 2.90. The van der Waals surface area contributed by atoms with E-state index in [2.05, 4.69) is 49.2 Å². The first-order chi connectivity index (χ1) is 13.3. The molecule has 0 aliphatic heterocycles. The number of thiol groups is 1. The molecule has 0 spiro atoms. The average Bonchev–Trinajstić information content (AvgIpc) is 3.24. The van der Waals surface area contributed by atoms with E-state index in [0.717, 1.165) is 11.5 Å². The molecule has 0 amide bonds. The highest BCUT2D eigenvalue weighted by Gasteiger charge is 2.68. The summed E-state index contributed by atoms with van der Waals surface area (Å²) in [5, 5.41) is 17.7. The normalized spacial score (nSPS) is 24.8. The summed E-state index contributed by atoms with van der Waals surface area (Å²) >= 11 is 5.87. The molecule has 6 heteroatoms. The van der Waals surface area contributed by atoms with E-state index in [1.165, 1.54) is 25.7 Å². The molecule has 0 bridgehead atoms. The predicted molar refractivity (Wildman–Crippen MR) is 124 cm³/mol. The Hall–Kier alpha value is -1.34. The van der Waals surface area contributed by atoms with Crippen LogP contribution in [-0.4, -0.2) is 28.3 Å². The lowest BCUT2D eigenvalue weighted by Crippen LogP contribution is -2.21. The zero-order valence-electron chi connectivity index (χ0n) is 18.3. The van der Waals surface area contributed by atoms with Crippen molar-refractivity contribution < 1.29 is 0 Å². The van der Waals surface area contributed by atoms with Gasteiger partial charge in [-0.15, -0.1) is 0 Å². The molecule has 1 fully saturated rings. The molecule has 156 valence electrons. The van der Waals surface area contributed by atoms with E-state index in [1.54, 1.807) is 0 Å². The summed E-state index contributed by atoms with van der Waals surface area (Å²) < 4.78 is 0. The lowest BCUT2D eigenvalue weighted by Gasteiger charge is -2.16. The van der Waals surface area contributed by atoms with Crippen molar-refractivity contribution >= 4 is 24.4 Å². The van der Waals surface area contributed by atoms with Gasteiger partial charge in [-0.25, -0.2) is 13.1 Å². The van der Waals surface area contributed by atoms with Crippen molar-refractivity contribution in [3.05, 3.63) is 22.8 Å². The van der Waals surface area contributed by atoms with E-state index in [9.17, 15) is 0 Å². The highest BCUT2D eigenvalue weighted by atomic mass is 32.2. The lowest BCUT2D eigenvalue weighted by atomic mass is 10.0. The van der Waals surface area contributed by atoms with Crippen LogP contribution in [0.15, 0.2) is 0 Å². The number of nitrogens with zero attached hydrogens (tertiary/aromatic N) is 4. The van der Waals surface area contributed by atoms with Gasteiger partial charge in [0.2, 0.25) is 0 Å². The van der Waals surface area contributed by atoms with Gasteiger partial charge in [0, 0.05) is 5.25 Å². The van der Waals surface area contributed by atoms with Gasteiger partial charge >= 0.3 is 11.6 Å². The Kier molecular flexibility index (Phi) is 17.1. The van der Waals surface area contributed by atoms with Gasteiger partial charge in [0.25, 0.3) is 0 Å². The molecule has 1 aliphatic carbocycles. The smallest absolute Gasteiger partial charge is 0.297 e. The van der Waals surface area contributed by atoms with Crippen molar-refractivity contribution in [2.75, 3.05) is 11.5 Å². The largest absolute Gasteiger partial charge is 0.321 e. The van der Waals surface area contributed by atoms with Crippen molar-refractivity contribution in [3.8, 4) is 12.1 Å². The van der Waals surface area contributed by atoms with Gasteiger partial charge in [0.05, 0.1) is 17.8 Å². The molecule has 3 unspecified atom stereocenters. The number of nitriles is 2. The zero-order valence-corrected chi connectivity index (χ0v) is 20.0. The summed E-state index contributed by atoms with van der Waals surface area (Å²) in [6, 6.07) is 3.63. The summed E-state index contributed by atoms with van der Waals surface area (Å²) in [6.07, 6.45) is 4.95. The molecule has 0 aromatic rings. The maximum Gasteiger partial charge on any atom is 0.321 e. The second-order valence-electron chi connectivity index (χ2n) is 7.20. The number of rotatable bonds is 8. The summed E-state index contributed by atoms with van der Waals surface area (Å²) in [6.45, 7) is 26.0. The molecule has 0 heterocycles. The SMILES string of the molecule is CCCCS.[C-]#[N+]C(C#N)[C@@H](C)[C@H](C)SCCCC.[C-]#[N+]C1(C#N)C(C)C1C. The Morgan fingerprint density at radius 1 is 1.11 bits per heavy atom. The third kappa shape index (κ3) is 9.73. The predicted octanol–water partition coefficient (Wildman–Crippen LogP) is 6.53. The molecule has 1 saturated carbocycles. The zero-order chi connectivity index (χ0) is 22.2. The van der Waals surface area contributed by atoms with Crippen LogP contribution in [0.25, 0.3) is 9.69 Å². The van der Waals surface area contributed by atoms with Crippen LogP contribution < -0.4 is 0 Å². The minimum atomic E-state index is -0.653. The highest BCUT2D eigenvalue weighted by molar-refractivity contribution is 7.99. The van der Waals surface area contributed by atoms with Crippen LogP contribution >= 0.6 is 24.4 Å². The van der Waals surface area contributed by atoms with Crippen molar-refractivity contribution in [1.29, 1.82) is 10.5 Å². The quantitative estimate of drug-likeness (QED) is 0.276. The van der Waals surface area contributed by atoms with Gasteiger partial charge in [-0.05, 0) is 24.3 Å². The van der Waals surface area contributed by atoms with Crippen LogP contribution in [0.5, 0.6) is 0 Å². The first-order valence-electron chi connectivity index (χ1n) is 10.1. The van der Waals surface area contributed by atoms with Crippen LogP contribution in [0.3, 0.4) is 0 Å². The first kappa shape index (κ1) is 28.9. The fourth-order valence-electron chi connectivity index (χ4n) is 2.43. The average molecular weight is 421 g/mol. The Balaban J connectivity index is 0. The van der Waals surface area contributed by atoms with E-state index in [1.807, 2.05) is 38.6 Å². The molecule has 4 nitrogen and oxygen atoms in total. The van der Waals surface area contributed by atoms with Gasteiger partial charge in [-0.1, -0.05) is 54.4 Å². The molecule has 0 radical (unpaired) electrons. The highest BCUT2D eigenvalue weighted by Crippen LogP contribution is 2.52.